The van der Waals surface area contributed by atoms with Crippen molar-refractivity contribution in [1.29, 1.82) is 0 Å². The molecule has 1 atom stereocenters. The van der Waals surface area contributed by atoms with Gasteiger partial charge in [-0.1, -0.05) is 30.3 Å². The van der Waals surface area contributed by atoms with Crippen molar-refractivity contribution >= 4 is 11.6 Å². The summed E-state index contributed by atoms with van der Waals surface area (Å²) in [4.78, 5) is 18.2. The van der Waals surface area contributed by atoms with Crippen LogP contribution in [0.4, 0.5) is 5.69 Å². The molecule has 3 rings (SSSR count). The Balaban J connectivity index is 1.91. The van der Waals surface area contributed by atoms with Gasteiger partial charge in [0.25, 0.3) is 0 Å². The standard InChI is InChI=1S/C16H17N3O/c17-10-12-8-16(20)19(11-12)14-6-7-18-15(9-14)13-4-2-1-3-5-13/h1-7,9,12H,8,10-11,17H2. The number of carbonyl (C=O) groups is 1. The van der Waals surface area contributed by atoms with E-state index in [9.17, 15) is 4.79 Å². The highest BCUT2D eigenvalue weighted by atomic mass is 16.2. The summed E-state index contributed by atoms with van der Waals surface area (Å²) in [6, 6.07) is 13.8. The van der Waals surface area contributed by atoms with Gasteiger partial charge in [0.15, 0.2) is 0 Å². The second-order valence-corrected chi connectivity index (χ2v) is 5.08. The van der Waals surface area contributed by atoms with E-state index in [0.717, 1.165) is 16.9 Å². The lowest BCUT2D eigenvalue weighted by molar-refractivity contribution is -0.117. The average molecular weight is 267 g/mol. The van der Waals surface area contributed by atoms with Gasteiger partial charge in [-0.05, 0) is 24.6 Å². The van der Waals surface area contributed by atoms with Crippen LogP contribution in [-0.2, 0) is 4.79 Å². The summed E-state index contributed by atoms with van der Waals surface area (Å²) in [5, 5.41) is 0. The molecule has 2 aromatic rings. The number of hydrogen-bond donors (Lipinski definition) is 1. The first-order valence-electron chi connectivity index (χ1n) is 6.80. The molecule has 1 aliphatic rings. The van der Waals surface area contributed by atoms with Gasteiger partial charge in [0.05, 0.1) is 5.69 Å². The number of rotatable bonds is 3. The molecule has 1 aromatic carbocycles. The minimum absolute atomic E-state index is 0.144. The van der Waals surface area contributed by atoms with Gasteiger partial charge in [-0.3, -0.25) is 9.78 Å². The second-order valence-electron chi connectivity index (χ2n) is 5.08. The number of anilines is 1. The van der Waals surface area contributed by atoms with Crippen molar-refractivity contribution in [3.8, 4) is 11.3 Å². The van der Waals surface area contributed by atoms with Crippen LogP contribution in [0, 0.1) is 5.92 Å². The van der Waals surface area contributed by atoms with Gasteiger partial charge in [0, 0.05) is 30.4 Å². The first-order valence-corrected chi connectivity index (χ1v) is 6.80. The van der Waals surface area contributed by atoms with Crippen molar-refractivity contribution in [2.45, 2.75) is 6.42 Å². The number of carbonyl (C=O) groups excluding carboxylic acids is 1. The van der Waals surface area contributed by atoms with E-state index < -0.39 is 0 Å². The van der Waals surface area contributed by atoms with E-state index in [2.05, 4.69) is 4.98 Å². The molecular weight excluding hydrogens is 250 g/mol. The normalized spacial score (nSPS) is 18.6. The Hall–Kier alpha value is -2.20. The van der Waals surface area contributed by atoms with Crippen LogP contribution >= 0.6 is 0 Å². The SMILES string of the molecule is NCC1CC(=O)N(c2ccnc(-c3ccccc3)c2)C1. The maximum Gasteiger partial charge on any atom is 0.227 e. The Bertz CT molecular complexity index is 612. The summed E-state index contributed by atoms with van der Waals surface area (Å²) >= 11 is 0. The minimum atomic E-state index is 0.144. The molecule has 1 amide bonds. The summed E-state index contributed by atoms with van der Waals surface area (Å²) < 4.78 is 0. The Morgan fingerprint density at radius 2 is 2.05 bits per heavy atom. The van der Waals surface area contributed by atoms with E-state index in [1.165, 1.54) is 0 Å². The highest BCUT2D eigenvalue weighted by Crippen LogP contribution is 2.27. The minimum Gasteiger partial charge on any atom is -0.330 e. The number of hydrogen-bond acceptors (Lipinski definition) is 3. The molecule has 0 bridgehead atoms. The fraction of sp³-hybridized carbons (Fsp3) is 0.250. The average Bonchev–Trinajstić information content (AvgIpc) is 2.89. The highest BCUT2D eigenvalue weighted by Gasteiger charge is 2.29. The number of aromatic nitrogens is 1. The zero-order valence-electron chi connectivity index (χ0n) is 11.2. The van der Waals surface area contributed by atoms with E-state index in [0.29, 0.717) is 19.5 Å². The molecule has 0 aliphatic carbocycles. The van der Waals surface area contributed by atoms with Gasteiger partial charge in [0.2, 0.25) is 5.91 Å². The molecule has 4 heteroatoms. The molecule has 2 N–H and O–H groups in total. The monoisotopic (exact) mass is 267 g/mol. The fourth-order valence-corrected chi connectivity index (χ4v) is 2.54. The number of amides is 1. The van der Waals surface area contributed by atoms with Crippen LogP contribution in [-0.4, -0.2) is 24.0 Å². The van der Waals surface area contributed by atoms with Crippen molar-refractivity contribution in [2.24, 2.45) is 11.7 Å². The first-order chi connectivity index (χ1) is 9.78. The Morgan fingerprint density at radius 1 is 1.25 bits per heavy atom. The van der Waals surface area contributed by atoms with E-state index in [1.807, 2.05) is 47.4 Å². The van der Waals surface area contributed by atoms with Gasteiger partial charge in [0.1, 0.15) is 0 Å². The van der Waals surface area contributed by atoms with Gasteiger partial charge in [-0.2, -0.15) is 0 Å². The molecule has 1 unspecified atom stereocenters. The van der Waals surface area contributed by atoms with Crippen molar-refractivity contribution < 1.29 is 4.79 Å². The second kappa shape index (κ2) is 5.43. The Labute approximate surface area is 118 Å². The summed E-state index contributed by atoms with van der Waals surface area (Å²) in [5.41, 5.74) is 8.50. The lowest BCUT2D eigenvalue weighted by Crippen LogP contribution is -2.25. The van der Waals surface area contributed by atoms with Crippen molar-refractivity contribution in [1.82, 2.24) is 4.98 Å². The van der Waals surface area contributed by atoms with Crippen LogP contribution in [0.25, 0.3) is 11.3 Å². The third-order valence-electron chi connectivity index (χ3n) is 3.66. The Kier molecular flexibility index (Phi) is 3.48. The molecule has 4 nitrogen and oxygen atoms in total. The summed E-state index contributed by atoms with van der Waals surface area (Å²) in [5.74, 6) is 0.404. The van der Waals surface area contributed by atoms with Gasteiger partial charge < -0.3 is 10.6 Å². The largest absolute Gasteiger partial charge is 0.330 e. The summed E-state index contributed by atoms with van der Waals surface area (Å²) in [6.45, 7) is 1.26. The van der Waals surface area contributed by atoms with Crippen molar-refractivity contribution in [3.63, 3.8) is 0 Å². The Morgan fingerprint density at radius 3 is 2.75 bits per heavy atom. The molecule has 0 radical (unpaired) electrons. The number of nitrogens with zero attached hydrogens (tertiary/aromatic N) is 2. The molecule has 102 valence electrons. The van der Waals surface area contributed by atoms with Crippen LogP contribution in [0.1, 0.15) is 6.42 Å². The predicted octanol–water partition coefficient (Wildman–Crippen LogP) is 2.06. The summed E-state index contributed by atoms with van der Waals surface area (Å²) in [7, 11) is 0. The number of benzene rings is 1. The lowest BCUT2D eigenvalue weighted by atomic mass is 10.1. The molecule has 1 aromatic heterocycles. The van der Waals surface area contributed by atoms with Crippen LogP contribution in [0.5, 0.6) is 0 Å². The van der Waals surface area contributed by atoms with Crippen molar-refractivity contribution in [3.05, 3.63) is 48.7 Å². The molecule has 1 fully saturated rings. The van der Waals surface area contributed by atoms with E-state index in [1.54, 1.807) is 6.20 Å². The maximum atomic E-state index is 12.0. The fourth-order valence-electron chi connectivity index (χ4n) is 2.54. The molecule has 0 spiro atoms. The highest BCUT2D eigenvalue weighted by molar-refractivity contribution is 5.96. The van der Waals surface area contributed by atoms with Gasteiger partial charge in [-0.15, -0.1) is 0 Å². The maximum absolute atomic E-state index is 12.0. The third-order valence-corrected chi connectivity index (χ3v) is 3.66. The van der Waals surface area contributed by atoms with E-state index in [-0.39, 0.29) is 11.8 Å². The summed E-state index contributed by atoms with van der Waals surface area (Å²) in [6.07, 6.45) is 2.29. The first kappa shape index (κ1) is 12.8. The van der Waals surface area contributed by atoms with Crippen LogP contribution in [0.2, 0.25) is 0 Å². The van der Waals surface area contributed by atoms with Crippen LogP contribution in [0.3, 0.4) is 0 Å². The molecular formula is C16H17N3O. The zero-order valence-corrected chi connectivity index (χ0v) is 11.2. The lowest BCUT2D eigenvalue weighted by Gasteiger charge is -2.17. The quantitative estimate of drug-likeness (QED) is 0.926. The molecule has 1 aliphatic heterocycles. The van der Waals surface area contributed by atoms with Gasteiger partial charge in [-0.25, -0.2) is 0 Å². The zero-order chi connectivity index (χ0) is 13.9. The molecule has 1 saturated heterocycles. The van der Waals surface area contributed by atoms with E-state index >= 15 is 0 Å². The third kappa shape index (κ3) is 2.42. The van der Waals surface area contributed by atoms with Gasteiger partial charge >= 0.3 is 0 Å². The van der Waals surface area contributed by atoms with Crippen LogP contribution in [0.15, 0.2) is 48.7 Å². The molecule has 2 heterocycles. The van der Waals surface area contributed by atoms with Crippen LogP contribution < -0.4 is 10.6 Å². The van der Waals surface area contributed by atoms with E-state index in [4.69, 9.17) is 5.73 Å². The topological polar surface area (TPSA) is 59.2 Å². The predicted molar refractivity (Wildman–Crippen MR) is 79.2 cm³/mol. The molecule has 0 saturated carbocycles. The smallest absolute Gasteiger partial charge is 0.227 e. The number of nitrogens with two attached hydrogens (primary N) is 1. The number of pyridine rings is 1. The molecule has 20 heavy (non-hydrogen) atoms. The van der Waals surface area contributed by atoms with Crippen molar-refractivity contribution in [2.75, 3.05) is 18.0 Å².